The first kappa shape index (κ1) is 20.0. The topological polar surface area (TPSA) is 82.2 Å². The Labute approximate surface area is 187 Å². The van der Waals surface area contributed by atoms with Crippen molar-refractivity contribution in [1.82, 2.24) is 20.0 Å². The molecule has 32 heavy (non-hydrogen) atoms. The number of imidazole rings is 1. The first-order chi connectivity index (χ1) is 15.5. The first-order valence-corrected chi connectivity index (χ1v) is 11.9. The van der Waals surface area contributed by atoms with Gasteiger partial charge in [-0.15, -0.1) is 0 Å². The Hall–Kier alpha value is -2.67. The first-order valence-electron chi connectivity index (χ1n) is 11.9. The van der Waals surface area contributed by atoms with E-state index in [1.54, 1.807) is 0 Å². The summed E-state index contributed by atoms with van der Waals surface area (Å²) in [6, 6.07) is 6.88. The van der Waals surface area contributed by atoms with Crippen LogP contribution in [0.5, 0.6) is 0 Å². The maximum Gasteiger partial charge on any atom is 0.220 e. The van der Waals surface area contributed by atoms with Crippen molar-refractivity contribution >= 4 is 16.9 Å². The Morgan fingerprint density at radius 2 is 1.97 bits per heavy atom. The van der Waals surface area contributed by atoms with E-state index in [0.29, 0.717) is 17.9 Å². The zero-order valence-electron chi connectivity index (χ0n) is 18.8. The lowest BCUT2D eigenvalue weighted by molar-refractivity contribution is -0.135. The number of nitrogens with one attached hydrogen (secondary N) is 1. The van der Waals surface area contributed by atoms with Gasteiger partial charge in [0.15, 0.2) is 0 Å². The van der Waals surface area contributed by atoms with E-state index in [1.165, 1.54) is 12.8 Å². The van der Waals surface area contributed by atoms with E-state index in [0.717, 1.165) is 78.3 Å². The normalized spacial score (nSPS) is 23.4. The number of piperidine rings is 1. The van der Waals surface area contributed by atoms with E-state index < -0.39 is 0 Å². The second kappa shape index (κ2) is 7.44. The zero-order valence-corrected chi connectivity index (χ0v) is 18.8. The second-order valence-electron chi connectivity index (χ2n) is 9.98. The quantitative estimate of drug-likeness (QED) is 0.641. The summed E-state index contributed by atoms with van der Waals surface area (Å²) in [7, 11) is 0. The third kappa shape index (κ3) is 3.17. The molecule has 2 aliphatic heterocycles. The fourth-order valence-corrected chi connectivity index (χ4v) is 5.95. The van der Waals surface area contributed by atoms with Crippen molar-refractivity contribution in [3.8, 4) is 11.1 Å². The highest BCUT2D eigenvalue weighted by atomic mass is 16.5. The minimum atomic E-state index is -0.0194. The van der Waals surface area contributed by atoms with Gasteiger partial charge >= 0.3 is 0 Å². The molecular weight excluding hydrogens is 404 g/mol. The average Bonchev–Trinajstić information content (AvgIpc) is 3.32. The molecule has 3 fully saturated rings. The van der Waals surface area contributed by atoms with Gasteiger partial charge in [-0.3, -0.25) is 4.79 Å². The van der Waals surface area contributed by atoms with Gasteiger partial charge in [-0.05, 0) is 70.1 Å². The number of aryl methyl sites for hydroxylation is 2. The van der Waals surface area contributed by atoms with Crippen molar-refractivity contribution in [3.63, 3.8) is 0 Å². The van der Waals surface area contributed by atoms with E-state index in [4.69, 9.17) is 14.2 Å². The van der Waals surface area contributed by atoms with Crippen LogP contribution in [0.1, 0.15) is 74.3 Å². The lowest BCUT2D eigenvalue weighted by Crippen LogP contribution is -2.45. The van der Waals surface area contributed by atoms with Crippen molar-refractivity contribution < 1.29 is 14.1 Å². The predicted octanol–water partition coefficient (Wildman–Crippen LogP) is 4.78. The van der Waals surface area contributed by atoms with Gasteiger partial charge in [-0.1, -0.05) is 11.2 Å². The number of hydrogen-bond donors (Lipinski definition) is 1. The van der Waals surface area contributed by atoms with Crippen LogP contribution in [0.3, 0.4) is 0 Å². The van der Waals surface area contributed by atoms with Crippen molar-refractivity contribution in [2.75, 3.05) is 13.2 Å². The van der Waals surface area contributed by atoms with Gasteiger partial charge in [0, 0.05) is 23.4 Å². The molecule has 1 atom stereocenters. The predicted molar refractivity (Wildman–Crippen MR) is 120 cm³/mol. The van der Waals surface area contributed by atoms with Crippen LogP contribution in [-0.2, 0) is 9.53 Å². The third-order valence-corrected chi connectivity index (χ3v) is 7.78. The number of carbonyl (C=O) groups excluding carboxylic acids is 1. The highest BCUT2D eigenvalue weighted by Gasteiger charge is 2.42. The number of hydrogen-bond acceptors (Lipinski definition) is 5. The summed E-state index contributed by atoms with van der Waals surface area (Å²) < 4.78 is 13.4. The molecule has 0 radical (unpaired) electrons. The Morgan fingerprint density at radius 3 is 2.62 bits per heavy atom. The summed E-state index contributed by atoms with van der Waals surface area (Å²) in [4.78, 5) is 17.3. The molecule has 3 aliphatic rings. The number of amides is 1. The van der Waals surface area contributed by atoms with Crippen molar-refractivity contribution in [1.29, 1.82) is 0 Å². The second-order valence-corrected chi connectivity index (χ2v) is 9.98. The molecule has 1 saturated carbocycles. The van der Waals surface area contributed by atoms with Crippen LogP contribution in [0, 0.1) is 19.3 Å². The molecule has 2 saturated heterocycles. The standard InChI is InChI=1S/C25H30N4O3/c1-15-23(16(2)32-28-15)17-6-7-21-20(12-17)27-24(19-4-3-5-22(30)26-19)29(21)18-8-10-25(11-9-18)13-31-14-25/h6-7,12,18-19H,3-5,8-11,13-14H2,1-2H3,(H,26,30)/t19-/m0/s1. The molecule has 3 aromatic rings. The van der Waals surface area contributed by atoms with Crippen LogP contribution in [0.2, 0.25) is 0 Å². The molecule has 4 heterocycles. The number of benzene rings is 1. The van der Waals surface area contributed by atoms with Gasteiger partial charge < -0.3 is 19.1 Å². The molecular formula is C25H30N4O3. The molecule has 6 rings (SSSR count). The number of carbonyl (C=O) groups is 1. The number of aromatic nitrogens is 3. The van der Waals surface area contributed by atoms with Gasteiger partial charge in [-0.25, -0.2) is 4.98 Å². The lowest BCUT2D eigenvalue weighted by Gasteiger charge is -2.46. The molecule has 7 heteroatoms. The van der Waals surface area contributed by atoms with Crippen LogP contribution in [0.25, 0.3) is 22.2 Å². The summed E-state index contributed by atoms with van der Waals surface area (Å²) in [6.45, 7) is 5.75. The maximum absolute atomic E-state index is 12.2. The van der Waals surface area contributed by atoms with Gasteiger partial charge in [-0.2, -0.15) is 0 Å². The Balaban J connectivity index is 1.43. The average molecular weight is 435 g/mol. The lowest BCUT2D eigenvalue weighted by atomic mass is 9.71. The number of nitrogens with zero attached hydrogens (tertiary/aromatic N) is 3. The summed E-state index contributed by atoms with van der Waals surface area (Å²) in [5.74, 6) is 1.96. The highest BCUT2D eigenvalue weighted by Crippen LogP contribution is 2.47. The highest BCUT2D eigenvalue weighted by molar-refractivity contribution is 5.84. The van der Waals surface area contributed by atoms with E-state index in [1.807, 2.05) is 13.8 Å². The Kier molecular flexibility index (Phi) is 4.64. The zero-order chi connectivity index (χ0) is 21.9. The monoisotopic (exact) mass is 434 g/mol. The summed E-state index contributed by atoms with van der Waals surface area (Å²) in [5.41, 5.74) is 5.54. The largest absolute Gasteiger partial charge is 0.380 e. The number of rotatable bonds is 3. The maximum atomic E-state index is 12.2. The smallest absolute Gasteiger partial charge is 0.220 e. The van der Waals surface area contributed by atoms with Crippen LogP contribution in [-0.4, -0.2) is 33.8 Å². The molecule has 1 amide bonds. The molecule has 1 spiro atoms. The Bertz CT molecular complexity index is 1160. The molecule has 2 aromatic heterocycles. The minimum Gasteiger partial charge on any atom is -0.380 e. The fourth-order valence-electron chi connectivity index (χ4n) is 5.95. The molecule has 1 aromatic carbocycles. The van der Waals surface area contributed by atoms with Crippen LogP contribution < -0.4 is 5.32 Å². The summed E-state index contributed by atoms with van der Waals surface area (Å²) in [6.07, 6.45) is 7.13. The fraction of sp³-hybridized carbons (Fsp3) is 0.560. The molecule has 7 nitrogen and oxygen atoms in total. The van der Waals surface area contributed by atoms with Gasteiger partial charge in [0.25, 0.3) is 0 Å². The number of fused-ring (bicyclic) bond motifs is 1. The SMILES string of the molecule is Cc1noc(C)c1-c1ccc2c(c1)nc([C@@H]1CCCC(=O)N1)n2C1CCC2(CC1)COC2. The molecule has 168 valence electrons. The van der Waals surface area contributed by atoms with Gasteiger partial charge in [0.05, 0.1) is 36.0 Å². The van der Waals surface area contributed by atoms with Crippen molar-refractivity contribution in [2.24, 2.45) is 5.41 Å². The van der Waals surface area contributed by atoms with E-state index in [2.05, 4.69) is 33.2 Å². The summed E-state index contributed by atoms with van der Waals surface area (Å²) >= 11 is 0. The number of ether oxygens (including phenoxy) is 1. The third-order valence-electron chi connectivity index (χ3n) is 7.78. The van der Waals surface area contributed by atoms with Crippen molar-refractivity contribution in [3.05, 3.63) is 35.5 Å². The molecule has 1 N–H and O–H groups in total. The minimum absolute atomic E-state index is 0.0194. The van der Waals surface area contributed by atoms with Gasteiger partial charge in [0.2, 0.25) is 5.91 Å². The van der Waals surface area contributed by atoms with Crippen LogP contribution in [0.15, 0.2) is 22.7 Å². The van der Waals surface area contributed by atoms with E-state index in [-0.39, 0.29) is 11.9 Å². The Morgan fingerprint density at radius 1 is 1.16 bits per heavy atom. The molecule has 0 unspecified atom stereocenters. The van der Waals surface area contributed by atoms with Crippen LogP contribution >= 0.6 is 0 Å². The summed E-state index contributed by atoms with van der Waals surface area (Å²) in [5, 5.41) is 7.32. The molecule has 1 aliphatic carbocycles. The van der Waals surface area contributed by atoms with E-state index in [9.17, 15) is 4.79 Å². The molecule has 0 bridgehead atoms. The van der Waals surface area contributed by atoms with Crippen LogP contribution in [0.4, 0.5) is 0 Å². The van der Waals surface area contributed by atoms with E-state index >= 15 is 0 Å². The van der Waals surface area contributed by atoms with Crippen molar-refractivity contribution in [2.45, 2.75) is 70.9 Å². The van der Waals surface area contributed by atoms with Gasteiger partial charge in [0.1, 0.15) is 11.6 Å².